The molecule has 0 unspecified atom stereocenters. The summed E-state index contributed by atoms with van der Waals surface area (Å²) in [5.41, 5.74) is 3.62. The van der Waals surface area contributed by atoms with Crippen LogP contribution < -0.4 is 5.32 Å². The van der Waals surface area contributed by atoms with E-state index in [0.717, 1.165) is 41.3 Å². The maximum absolute atomic E-state index is 13.5. The molecule has 1 aromatic heterocycles. The van der Waals surface area contributed by atoms with Crippen LogP contribution in [0.5, 0.6) is 0 Å². The molecule has 0 atom stereocenters. The molecule has 0 saturated heterocycles. The molecule has 0 saturated carbocycles. The highest BCUT2D eigenvalue weighted by atomic mass is 19.1. The van der Waals surface area contributed by atoms with E-state index in [1.54, 1.807) is 6.07 Å². The van der Waals surface area contributed by atoms with Crippen molar-refractivity contribution < 1.29 is 4.39 Å². The van der Waals surface area contributed by atoms with Gasteiger partial charge >= 0.3 is 0 Å². The maximum atomic E-state index is 13.5. The van der Waals surface area contributed by atoms with Crippen molar-refractivity contribution in [2.24, 2.45) is 12.0 Å². The average Bonchev–Trinajstić information content (AvgIpc) is 2.63. The smallest absolute Gasteiger partial charge is 0.133 e. The van der Waals surface area contributed by atoms with E-state index >= 15 is 0 Å². The van der Waals surface area contributed by atoms with Crippen LogP contribution in [0.1, 0.15) is 23.7 Å². The molecule has 2 aromatic rings. The van der Waals surface area contributed by atoms with Gasteiger partial charge in [0, 0.05) is 19.2 Å². The lowest BCUT2D eigenvalue weighted by molar-refractivity contribution is 0.627. The Hall–Kier alpha value is -2.17. The summed E-state index contributed by atoms with van der Waals surface area (Å²) in [6, 6.07) is 6.58. The topological polar surface area (TPSA) is 42.2 Å². The van der Waals surface area contributed by atoms with E-state index in [2.05, 4.69) is 22.3 Å². The quantitative estimate of drug-likeness (QED) is 0.912. The number of benzene rings is 1. The van der Waals surface area contributed by atoms with E-state index in [-0.39, 0.29) is 5.82 Å². The van der Waals surface area contributed by atoms with E-state index in [1.165, 1.54) is 12.1 Å². The Bertz CT molecular complexity index is 673. The van der Waals surface area contributed by atoms with Gasteiger partial charge in [-0.25, -0.2) is 4.39 Å². The van der Waals surface area contributed by atoms with Crippen molar-refractivity contribution in [3.05, 3.63) is 46.9 Å². The standard InChI is InChI=1S/C15H17FN4/c1-3-12-13-14(10-5-4-6-11(16)9-10)17-7-8-18-15(13)20(2)19-12/h4-6,9,18H,3,7-8H2,1-2H3. The molecule has 0 radical (unpaired) electrons. The van der Waals surface area contributed by atoms with Gasteiger partial charge in [-0.2, -0.15) is 5.10 Å². The molecule has 2 heterocycles. The summed E-state index contributed by atoms with van der Waals surface area (Å²) < 4.78 is 15.3. The summed E-state index contributed by atoms with van der Waals surface area (Å²) in [6.45, 7) is 3.49. The van der Waals surface area contributed by atoms with Crippen LogP contribution in [-0.2, 0) is 13.5 Å². The largest absolute Gasteiger partial charge is 0.368 e. The zero-order valence-electron chi connectivity index (χ0n) is 11.7. The molecule has 5 heteroatoms. The number of nitrogens with one attached hydrogen (secondary N) is 1. The highest BCUT2D eigenvalue weighted by Gasteiger charge is 2.22. The highest BCUT2D eigenvalue weighted by Crippen LogP contribution is 2.26. The number of anilines is 1. The molecule has 20 heavy (non-hydrogen) atoms. The second-order valence-electron chi connectivity index (χ2n) is 4.81. The first-order valence-electron chi connectivity index (χ1n) is 6.81. The van der Waals surface area contributed by atoms with Crippen LogP contribution in [0.15, 0.2) is 29.3 Å². The normalized spacial score (nSPS) is 14.2. The fourth-order valence-corrected chi connectivity index (χ4v) is 2.57. The molecule has 1 N–H and O–H groups in total. The van der Waals surface area contributed by atoms with Crippen molar-refractivity contribution in [2.45, 2.75) is 13.3 Å². The number of hydrogen-bond acceptors (Lipinski definition) is 3. The number of nitrogens with zero attached hydrogens (tertiary/aromatic N) is 3. The highest BCUT2D eigenvalue weighted by molar-refractivity contribution is 6.16. The van der Waals surface area contributed by atoms with Gasteiger partial charge < -0.3 is 5.32 Å². The zero-order chi connectivity index (χ0) is 14.1. The molecule has 4 nitrogen and oxygen atoms in total. The van der Waals surface area contributed by atoms with E-state index in [1.807, 2.05) is 17.8 Å². The lowest BCUT2D eigenvalue weighted by Gasteiger charge is -2.08. The first kappa shape index (κ1) is 12.8. The summed E-state index contributed by atoms with van der Waals surface area (Å²) >= 11 is 0. The SMILES string of the molecule is CCc1nn(C)c2c1C(c1cccc(F)c1)=NCCN2. The van der Waals surface area contributed by atoms with Crippen molar-refractivity contribution in [1.29, 1.82) is 0 Å². The van der Waals surface area contributed by atoms with Crippen molar-refractivity contribution in [2.75, 3.05) is 18.4 Å². The van der Waals surface area contributed by atoms with Crippen LogP contribution in [0.3, 0.4) is 0 Å². The van der Waals surface area contributed by atoms with Crippen LogP contribution in [-0.4, -0.2) is 28.6 Å². The fourth-order valence-electron chi connectivity index (χ4n) is 2.57. The van der Waals surface area contributed by atoms with Gasteiger partial charge in [0.15, 0.2) is 0 Å². The molecular weight excluding hydrogens is 255 g/mol. The minimum absolute atomic E-state index is 0.245. The van der Waals surface area contributed by atoms with Crippen LogP contribution in [0.4, 0.5) is 10.2 Å². The van der Waals surface area contributed by atoms with Crippen molar-refractivity contribution in [3.8, 4) is 0 Å². The Morgan fingerprint density at radius 1 is 1.40 bits per heavy atom. The third-order valence-corrected chi connectivity index (χ3v) is 3.46. The number of aryl methyl sites for hydroxylation is 2. The maximum Gasteiger partial charge on any atom is 0.133 e. The van der Waals surface area contributed by atoms with Gasteiger partial charge in [-0.1, -0.05) is 19.1 Å². The minimum Gasteiger partial charge on any atom is -0.368 e. The van der Waals surface area contributed by atoms with Crippen molar-refractivity contribution >= 4 is 11.5 Å². The van der Waals surface area contributed by atoms with Gasteiger partial charge in [0.05, 0.1) is 23.5 Å². The molecule has 0 spiro atoms. The number of halogens is 1. The Morgan fingerprint density at radius 2 is 2.25 bits per heavy atom. The fraction of sp³-hybridized carbons (Fsp3) is 0.333. The van der Waals surface area contributed by atoms with Gasteiger partial charge in [-0.3, -0.25) is 9.67 Å². The lowest BCUT2D eigenvalue weighted by Crippen LogP contribution is -2.08. The van der Waals surface area contributed by atoms with Gasteiger partial charge in [0.25, 0.3) is 0 Å². The molecular formula is C15H17FN4. The Kier molecular flexibility index (Phi) is 3.26. The molecule has 0 bridgehead atoms. The lowest BCUT2D eigenvalue weighted by atomic mass is 10.0. The van der Waals surface area contributed by atoms with Crippen molar-refractivity contribution in [1.82, 2.24) is 9.78 Å². The monoisotopic (exact) mass is 272 g/mol. The van der Waals surface area contributed by atoms with E-state index in [4.69, 9.17) is 0 Å². The van der Waals surface area contributed by atoms with E-state index in [0.29, 0.717) is 6.54 Å². The van der Waals surface area contributed by atoms with Crippen molar-refractivity contribution in [3.63, 3.8) is 0 Å². The summed E-state index contributed by atoms with van der Waals surface area (Å²) in [6.07, 6.45) is 0.819. The van der Waals surface area contributed by atoms with Crippen LogP contribution >= 0.6 is 0 Å². The molecule has 0 fully saturated rings. The number of aliphatic imine (C=N–C) groups is 1. The number of aromatic nitrogens is 2. The average molecular weight is 272 g/mol. The minimum atomic E-state index is -0.245. The number of rotatable bonds is 2. The first-order valence-corrected chi connectivity index (χ1v) is 6.81. The Morgan fingerprint density at radius 3 is 3.00 bits per heavy atom. The number of fused-ring (bicyclic) bond motifs is 1. The molecule has 1 aromatic carbocycles. The molecule has 0 aliphatic carbocycles. The number of hydrogen-bond donors (Lipinski definition) is 1. The summed E-state index contributed by atoms with van der Waals surface area (Å²) in [4.78, 5) is 4.63. The first-order chi connectivity index (χ1) is 9.70. The molecule has 1 aliphatic heterocycles. The predicted octanol–water partition coefficient (Wildman–Crippen LogP) is 2.38. The molecule has 1 aliphatic rings. The predicted molar refractivity (Wildman–Crippen MR) is 78.0 cm³/mol. The van der Waals surface area contributed by atoms with Crippen LogP contribution in [0, 0.1) is 5.82 Å². The summed E-state index contributed by atoms with van der Waals surface area (Å²) in [7, 11) is 1.92. The zero-order valence-corrected chi connectivity index (χ0v) is 11.7. The third kappa shape index (κ3) is 2.09. The Balaban J connectivity index is 2.20. The van der Waals surface area contributed by atoms with Crippen LogP contribution in [0.2, 0.25) is 0 Å². The molecule has 0 amide bonds. The van der Waals surface area contributed by atoms with Gasteiger partial charge in [-0.15, -0.1) is 0 Å². The molecule has 3 rings (SSSR count). The second-order valence-corrected chi connectivity index (χ2v) is 4.81. The third-order valence-electron chi connectivity index (χ3n) is 3.46. The molecule has 104 valence electrons. The summed E-state index contributed by atoms with van der Waals surface area (Å²) in [5, 5.41) is 7.88. The van der Waals surface area contributed by atoms with Gasteiger partial charge in [-0.05, 0) is 18.6 Å². The van der Waals surface area contributed by atoms with Gasteiger partial charge in [0.1, 0.15) is 11.6 Å². The van der Waals surface area contributed by atoms with E-state index in [9.17, 15) is 4.39 Å². The second kappa shape index (κ2) is 5.07. The summed E-state index contributed by atoms with van der Waals surface area (Å²) in [5.74, 6) is 0.716. The van der Waals surface area contributed by atoms with Gasteiger partial charge in [0.2, 0.25) is 0 Å². The van der Waals surface area contributed by atoms with Crippen LogP contribution in [0.25, 0.3) is 0 Å². The Labute approximate surface area is 117 Å². The van der Waals surface area contributed by atoms with E-state index < -0.39 is 0 Å².